The summed E-state index contributed by atoms with van der Waals surface area (Å²) in [6.07, 6.45) is 3.11. The van der Waals surface area contributed by atoms with Crippen LogP contribution in [0.3, 0.4) is 0 Å². The van der Waals surface area contributed by atoms with Crippen molar-refractivity contribution in [1.82, 2.24) is 9.88 Å². The topological polar surface area (TPSA) is 42.4 Å². The molecule has 1 atom stereocenters. The van der Waals surface area contributed by atoms with Crippen molar-refractivity contribution in [2.75, 3.05) is 13.1 Å². The quantitative estimate of drug-likeness (QED) is 0.785. The first-order valence-electron chi connectivity index (χ1n) is 5.96. The predicted molar refractivity (Wildman–Crippen MR) is 69.8 cm³/mol. The van der Waals surface area contributed by atoms with Gasteiger partial charge in [-0.05, 0) is 26.8 Å². The monoisotopic (exact) mass is 268 g/mol. The summed E-state index contributed by atoms with van der Waals surface area (Å²) in [6, 6.07) is 1.63. The van der Waals surface area contributed by atoms with E-state index in [2.05, 4.69) is 4.98 Å². The number of carbonyl (C=O) groups excluding carboxylic acids is 1. The van der Waals surface area contributed by atoms with E-state index in [0.717, 1.165) is 0 Å². The highest BCUT2D eigenvalue weighted by molar-refractivity contribution is 6.33. The predicted octanol–water partition coefficient (Wildman–Crippen LogP) is 2.37. The Balaban J connectivity index is 2.22. The van der Waals surface area contributed by atoms with Gasteiger partial charge in [-0.1, -0.05) is 11.6 Å². The van der Waals surface area contributed by atoms with E-state index in [1.165, 1.54) is 6.20 Å². The number of amides is 1. The normalized spacial score (nSPS) is 22.9. The van der Waals surface area contributed by atoms with Crippen molar-refractivity contribution in [2.45, 2.75) is 32.5 Å². The fraction of sp³-hybridized carbons (Fsp3) is 0.538. The molecule has 0 spiro atoms. The summed E-state index contributed by atoms with van der Waals surface area (Å²) in [7, 11) is 0. The fourth-order valence-electron chi connectivity index (χ4n) is 2.31. The van der Waals surface area contributed by atoms with Gasteiger partial charge in [0, 0.05) is 25.5 Å². The van der Waals surface area contributed by atoms with E-state index in [1.54, 1.807) is 17.2 Å². The molecule has 2 heterocycles. The second-order valence-electron chi connectivity index (χ2n) is 5.23. The molecule has 1 aromatic heterocycles. The van der Waals surface area contributed by atoms with Gasteiger partial charge in [-0.3, -0.25) is 9.78 Å². The number of nitrogens with zero attached hydrogens (tertiary/aromatic N) is 2. The van der Waals surface area contributed by atoms with Gasteiger partial charge in [0.25, 0.3) is 5.91 Å². The molecule has 1 saturated heterocycles. The van der Waals surface area contributed by atoms with Gasteiger partial charge >= 0.3 is 0 Å². The van der Waals surface area contributed by atoms with Crippen LogP contribution in [0.2, 0.25) is 5.02 Å². The lowest BCUT2D eigenvalue weighted by molar-refractivity contribution is -0.118. The van der Waals surface area contributed by atoms with Crippen molar-refractivity contribution >= 4 is 17.5 Å². The molecule has 0 aliphatic carbocycles. The van der Waals surface area contributed by atoms with Crippen LogP contribution in [0.15, 0.2) is 18.5 Å². The Morgan fingerprint density at radius 2 is 2.33 bits per heavy atom. The molecule has 1 fully saturated rings. The number of ether oxygens (including phenoxy) is 1. The fourth-order valence-corrected chi connectivity index (χ4v) is 2.50. The van der Waals surface area contributed by atoms with E-state index in [0.29, 0.717) is 23.7 Å². The van der Waals surface area contributed by atoms with Crippen molar-refractivity contribution in [2.24, 2.45) is 0 Å². The molecule has 5 heteroatoms. The lowest BCUT2D eigenvalue weighted by Crippen LogP contribution is -2.53. The molecule has 1 aliphatic heterocycles. The Labute approximate surface area is 112 Å². The summed E-state index contributed by atoms with van der Waals surface area (Å²) < 4.78 is 5.78. The van der Waals surface area contributed by atoms with Gasteiger partial charge in [0.15, 0.2) is 0 Å². The Morgan fingerprint density at radius 3 is 2.94 bits per heavy atom. The Morgan fingerprint density at radius 1 is 1.61 bits per heavy atom. The number of hydrogen-bond donors (Lipinski definition) is 0. The Bertz CT molecular complexity index is 462. The standard InChI is InChI=1S/C13H17ClN2O2/c1-9-7-16(8-13(2,3)18-9)12(17)10-6-15-5-4-11(10)14/h4-6,9H,7-8H2,1-3H3. The highest BCUT2D eigenvalue weighted by Crippen LogP contribution is 2.24. The third-order valence-electron chi connectivity index (χ3n) is 2.85. The first-order chi connectivity index (χ1) is 8.39. The van der Waals surface area contributed by atoms with Crippen molar-refractivity contribution in [1.29, 1.82) is 0 Å². The largest absolute Gasteiger partial charge is 0.369 e. The molecule has 0 saturated carbocycles. The van der Waals surface area contributed by atoms with Gasteiger partial charge in [0.05, 0.1) is 22.3 Å². The molecule has 18 heavy (non-hydrogen) atoms. The zero-order valence-corrected chi connectivity index (χ0v) is 11.6. The van der Waals surface area contributed by atoms with Crippen LogP contribution in [0.5, 0.6) is 0 Å². The molecule has 1 amide bonds. The number of aromatic nitrogens is 1. The van der Waals surface area contributed by atoms with E-state index < -0.39 is 0 Å². The third-order valence-corrected chi connectivity index (χ3v) is 3.18. The highest BCUT2D eigenvalue weighted by atomic mass is 35.5. The molecular weight excluding hydrogens is 252 g/mol. The lowest BCUT2D eigenvalue weighted by atomic mass is 10.0. The number of morpholine rings is 1. The Kier molecular flexibility index (Phi) is 3.59. The summed E-state index contributed by atoms with van der Waals surface area (Å²) >= 11 is 6.03. The van der Waals surface area contributed by atoms with Crippen LogP contribution in [-0.2, 0) is 4.74 Å². The van der Waals surface area contributed by atoms with Crippen LogP contribution in [-0.4, -0.2) is 40.6 Å². The van der Waals surface area contributed by atoms with E-state index in [1.807, 2.05) is 20.8 Å². The maximum Gasteiger partial charge on any atom is 0.257 e. The molecular formula is C13H17ClN2O2. The minimum atomic E-state index is -0.331. The summed E-state index contributed by atoms with van der Waals surface area (Å²) in [4.78, 5) is 18.1. The van der Waals surface area contributed by atoms with Gasteiger partial charge in [-0.15, -0.1) is 0 Å². The molecule has 98 valence electrons. The zero-order valence-electron chi connectivity index (χ0n) is 10.8. The summed E-state index contributed by atoms with van der Waals surface area (Å²) in [5, 5.41) is 0.437. The number of carbonyl (C=O) groups is 1. The maximum atomic E-state index is 12.4. The number of pyridine rings is 1. The SMILES string of the molecule is CC1CN(C(=O)c2cnccc2Cl)CC(C)(C)O1. The van der Waals surface area contributed by atoms with Gasteiger partial charge in [-0.2, -0.15) is 0 Å². The van der Waals surface area contributed by atoms with E-state index in [4.69, 9.17) is 16.3 Å². The third kappa shape index (κ3) is 2.82. The molecule has 4 nitrogen and oxygen atoms in total. The number of rotatable bonds is 1. The van der Waals surface area contributed by atoms with Crippen molar-refractivity contribution in [3.05, 3.63) is 29.0 Å². The van der Waals surface area contributed by atoms with Crippen molar-refractivity contribution in [3.8, 4) is 0 Å². The van der Waals surface area contributed by atoms with Gasteiger partial charge in [-0.25, -0.2) is 0 Å². The second kappa shape index (κ2) is 4.86. The molecule has 2 rings (SSSR count). The minimum Gasteiger partial charge on any atom is -0.369 e. The highest BCUT2D eigenvalue weighted by Gasteiger charge is 2.34. The number of halogens is 1. The molecule has 0 bridgehead atoms. The van der Waals surface area contributed by atoms with Crippen LogP contribution in [0.25, 0.3) is 0 Å². The molecule has 0 aromatic carbocycles. The molecule has 0 radical (unpaired) electrons. The van der Waals surface area contributed by atoms with E-state index in [-0.39, 0.29) is 17.6 Å². The molecule has 0 N–H and O–H groups in total. The van der Waals surface area contributed by atoms with Crippen LogP contribution >= 0.6 is 11.6 Å². The van der Waals surface area contributed by atoms with Crippen LogP contribution in [0, 0.1) is 0 Å². The first-order valence-corrected chi connectivity index (χ1v) is 6.33. The van der Waals surface area contributed by atoms with Crippen LogP contribution in [0.1, 0.15) is 31.1 Å². The second-order valence-corrected chi connectivity index (χ2v) is 5.64. The average Bonchev–Trinajstić information content (AvgIpc) is 2.26. The van der Waals surface area contributed by atoms with Crippen molar-refractivity contribution < 1.29 is 9.53 Å². The van der Waals surface area contributed by atoms with E-state index >= 15 is 0 Å². The van der Waals surface area contributed by atoms with Crippen LogP contribution in [0.4, 0.5) is 0 Å². The van der Waals surface area contributed by atoms with Crippen LogP contribution < -0.4 is 0 Å². The minimum absolute atomic E-state index is 0.0214. The summed E-state index contributed by atoms with van der Waals surface area (Å²) in [6.45, 7) is 7.06. The van der Waals surface area contributed by atoms with Gasteiger partial charge < -0.3 is 9.64 Å². The van der Waals surface area contributed by atoms with Crippen molar-refractivity contribution in [3.63, 3.8) is 0 Å². The Hall–Kier alpha value is -1.13. The van der Waals surface area contributed by atoms with Gasteiger partial charge in [0.2, 0.25) is 0 Å². The number of hydrogen-bond acceptors (Lipinski definition) is 3. The smallest absolute Gasteiger partial charge is 0.257 e. The molecule has 1 aromatic rings. The first kappa shape index (κ1) is 13.3. The summed E-state index contributed by atoms with van der Waals surface area (Å²) in [5.41, 5.74) is 0.117. The summed E-state index contributed by atoms with van der Waals surface area (Å²) in [5.74, 6) is -0.0867. The zero-order chi connectivity index (χ0) is 13.3. The molecule has 1 aliphatic rings. The molecule has 1 unspecified atom stereocenters. The maximum absolute atomic E-state index is 12.4. The average molecular weight is 269 g/mol. The van der Waals surface area contributed by atoms with Gasteiger partial charge in [0.1, 0.15) is 0 Å². The van der Waals surface area contributed by atoms with E-state index in [9.17, 15) is 4.79 Å². The lowest BCUT2D eigenvalue weighted by Gasteiger charge is -2.41.